The third-order valence-corrected chi connectivity index (χ3v) is 6.60. The predicted molar refractivity (Wildman–Crippen MR) is 104 cm³/mol. The van der Waals surface area contributed by atoms with Crippen molar-refractivity contribution in [2.75, 3.05) is 18.1 Å². The molecule has 1 aromatic heterocycles. The molecule has 1 atom stereocenters. The maximum Gasteiger partial charge on any atom is 0.288 e. The van der Waals surface area contributed by atoms with Gasteiger partial charge in [-0.3, -0.25) is 4.90 Å². The van der Waals surface area contributed by atoms with E-state index < -0.39 is 9.84 Å². The predicted octanol–water partition coefficient (Wildman–Crippen LogP) is 3.63. The number of aromatic nitrogens is 2. The van der Waals surface area contributed by atoms with E-state index in [-0.39, 0.29) is 22.4 Å². The molecule has 9 heteroatoms. The van der Waals surface area contributed by atoms with Crippen LogP contribution in [0.4, 0.5) is 0 Å². The summed E-state index contributed by atoms with van der Waals surface area (Å²) in [4.78, 5) is 2.39. The molecule has 0 spiro atoms. The van der Waals surface area contributed by atoms with Crippen LogP contribution in [0.3, 0.4) is 0 Å². The summed E-state index contributed by atoms with van der Waals surface area (Å²) in [6, 6.07) is 7.20. The molecule has 0 bridgehead atoms. The zero-order chi connectivity index (χ0) is 18.9. The van der Waals surface area contributed by atoms with E-state index in [1.54, 1.807) is 16.8 Å². The monoisotopic (exact) mass is 415 g/mol. The molecular weight excluding hydrogens is 394 g/mol. The second kappa shape index (κ2) is 7.80. The smallest absolute Gasteiger partial charge is 0.288 e. The zero-order valence-corrected chi connectivity index (χ0v) is 17.1. The highest BCUT2D eigenvalue weighted by Crippen LogP contribution is 2.23. The van der Waals surface area contributed by atoms with E-state index in [4.69, 9.17) is 28.2 Å². The van der Waals surface area contributed by atoms with Gasteiger partial charge >= 0.3 is 0 Å². The van der Waals surface area contributed by atoms with Crippen LogP contribution in [0.2, 0.25) is 5.02 Å². The van der Waals surface area contributed by atoms with Crippen LogP contribution in [-0.4, -0.2) is 47.2 Å². The Kier molecular flexibility index (Phi) is 5.86. The van der Waals surface area contributed by atoms with Gasteiger partial charge in [0.05, 0.1) is 18.2 Å². The van der Waals surface area contributed by atoms with Crippen molar-refractivity contribution in [2.45, 2.75) is 33.0 Å². The fourth-order valence-corrected chi connectivity index (χ4v) is 5.29. The van der Waals surface area contributed by atoms with E-state index in [9.17, 15) is 8.42 Å². The molecule has 0 radical (unpaired) electrons. The lowest BCUT2D eigenvalue weighted by atomic mass is 10.1. The largest absolute Gasteiger partial charge is 0.409 e. The summed E-state index contributed by atoms with van der Waals surface area (Å²) in [6.45, 7) is 5.38. The highest BCUT2D eigenvalue weighted by molar-refractivity contribution is 7.91. The van der Waals surface area contributed by atoms with E-state index >= 15 is 0 Å². The summed E-state index contributed by atoms with van der Waals surface area (Å²) in [7, 11) is -2.96. The number of hydrogen-bond donors (Lipinski definition) is 0. The first kappa shape index (κ1) is 19.5. The van der Waals surface area contributed by atoms with Gasteiger partial charge < -0.3 is 4.42 Å². The zero-order valence-electron chi connectivity index (χ0n) is 14.8. The molecule has 0 unspecified atom stereocenters. The molecule has 1 aliphatic heterocycles. The summed E-state index contributed by atoms with van der Waals surface area (Å²) < 4.78 is 31.0. The molecule has 1 aromatic carbocycles. The summed E-state index contributed by atoms with van der Waals surface area (Å²) in [5.74, 6) is 1.23. The van der Waals surface area contributed by atoms with Gasteiger partial charge in [0.15, 0.2) is 9.84 Å². The minimum Gasteiger partial charge on any atom is -0.409 e. The van der Waals surface area contributed by atoms with Gasteiger partial charge in [-0.2, -0.15) is 0 Å². The number of rotatable bonds is 6. The number of halogens is 1. The van der Waals surface area contributed by atoms with Crippen LogP contribution in [0.15, 0.2) is 28.7 Å². The van der Waals surface area contributed by atoms with Crippen molar-refractivity contribution >= 4 is 33.7 Å². The summed E-state index contributed by atoms with van der Waals surface area (Å²) in [5.41, 5.74) is 0.751. The van der Waals surface area contributed by atoms with Gasteiger partial charge in [-0.1, -0.05) is 31.5 Å². The molecule has 0 amide bonds. The lowest BCUT2D eigenvalue weighted by Crippen LogP contribution is -2.40. The molecule has 2 heterocycles. The maximum absolute atomic E-state index is 11.9. The van der Waals surface area contributed by atoms with Crippen molar-refractivity contribution in [2.24, 2.45) is 5.92 Å². The van der Waals surface area contributed by atoms with Gasteiger partial charge in [-0.15, -0.1) is 5.10 Å². The lowest BCUT2D eigenvalue weighted by Gasteiger charge is -2.29. The molecule has 1 fully saturated rings. The lowest BCUT2D eigenvalue weighted by molar-refractivity contribution is 0.136. The molecule has 1 aliphatic rings. The minimum absolute atomic E-state index is 0.0179. The number of hydrogen-bond acceptors (Lipinski definition) is 6. The van der Waals surface area contributed by atoms with Crippen molar-refractivity contribution in [3.8, 4) is 11.5 Å². The summed E-state index contributed by atoms with van der Waals surface area (Å²) in [5, 5.41) is 5.07. The number of sulfone groups is 1. The van der Waals surface area contributed by atoms with Crippen LogP contribution in [-0.2, 0) is 16.5 Å². The molecule has 6 nitrogen and oxygen atoms in total. The van der Waals surface area contributed by atoms with Gasteiger partial charge in [0.2, 0.25) is 5.89 Å². The van der Waals surface area contributed by atoms with Crippen molar-refractivity contribution in [1.29, 1.82) is 0 Å². The minimum atomic E-state index is -2.96. The molecule has 2 aromatic rings. The van der Waals surface area contributed by atoms with Crippen LogP contribution in [0, 0.1) is 10.8 Å². The maximum atomic E-state index is 11.9. The van der Waals surface area contributed by atoms with E-state index in [0.717, 1.165) is 12.1 Å². The van der Waals surface area contributed by atoms with Crippen LogP contribution < -0.4 is 0 Å². The van der Waals surface area contributed by atoms with E-state index in [2.05, 4.69) is 23.8 Å². The first-order chi connectivity index (χ1) is 12.2. The molecular formula is C17H22ClN3O3S2. The molecule has 3 rings (SSSR count). The van der Waals surface area contributed by atoms with E-state index in [0.29, 0.717) is 29.9 Å². The third-order valence-electron chi connectivity index (χ3n) is 4.32. The Balaban J connectivity index is 1.84. The van der Waals surface area contributed by atoms with Gasteiger partial charge in [0, 0.05) is 23.2 Å². The Labute approximate surface area is 163 Å². The van der Waals surface area contributed by atoms with Crippen LogP contribution in [0.1, 0.15) is 20.3 Å². The van der Waals surface area contributed by atoms with Gasteiger partial charge in [0.1, 0.15) is 0 Å². The van der Waals surface area contributed by atoms with Gasteiger partial charge in [-0.05, 0) is 42.8 Å². The SMILES string of the molecule is CC(C)CN(Cn1nc(-c2cccc(Cl)c2)oc1=S)[C@H]1CCS(=O)(=O)C1. The van der Waals surface area contributed by atoms with Crippen molar-refractivity contribution in [3.05, 3.63) is 34.1 Å². The fourth-order valence-electron chi connectivity index (χ4n) is 3.16. The van der Waals surface area contributed by atoms with Crippen molar-refractivity contribution < 1.29 is 12.8 Å². The Hall–Kier alpha value is -1.22. The standard InChI is InChI=1S/C17H22ClN3O3S2/c1-12(2)9-20(15-6-7-26(22,23)10-15)11-21-17(25)24-16(19-21)13-4-3-5-14(18)8-13/h3-5,8,12,15H,6-7,9-11H2,1-2H3/t15-/m0/s1. The van der Waals surface area contributed by atoms with Crippen molar-refractivity contribution in [1.82, 2.24) is 14.7 Å². The van der Waals surface area contributed by atoms with Crippen LogP contribution in [0.25, 0.3) is 11.5 Å². The number of nitrogens with zero attached hydrogens (tertiary/aromatic N) is 3. The number of benzene rings is 1. The van der Waals surface area contributed by atoms with E-state index in [1.165, 1.54) is 0 Å². The normalized spacial score (nSPS) is 19.5. The van der Waals surface area contributed by atoms with Crippen molar-refractivity contribution in [3.63, 3.8) is 0 Å². The molecule has 0 N–H and O–H groups in total. The first-order valence-electron chi connectivity index (χ1n) is 8.52. The average Bonchev–Trinajstić information content (AvgIpc) is 3.09. The fraction of sp³-hybridized carbons (Fsp3) is 0.529. The highest BCUT2D eigenvalue weighted by Gasteiger charge is 2.33. The highest BCUT2D eigenvalue weighted by atomic mass is 35.5. The Morgan fingerprint density at radius 2 is 2.23 bits per heavy atom. The van der Waals surface area contributed by atoms with Crippen LogP contribution in [0.5, 0.6) is 0 Å². The molecule has 26 heavy (non-hydrogen) atoms. The molecule has 0 saturated carbocycles. The quantitative estimate of drug-likeness (QED) is 0.671. The topological polar surface area (TPSA) is 68.3 Å². The van der Waals surface area contributed by atoms with Crippen LogP contribution >= 0.6 is 23.8 Å². The van der Waals surface area contributed by atoms with E-state index in [1.807, 2.05) is 12.1 Å². The summed E-state index contributed by atoms with van der Waals surface area (Å²) >= 11 is 11.3. The Morgan fingerprint density at radius 1 is 1.46 bits per heavy atom. The summed E-state index contributed by atoms with van der Waals surface area (Å²) in [6.07, 6.45) is 0.640. The molecule has 1 saturated heterocycles. The Morgan fingerprint density at radius 3 is 2.85 bits per heavy atom. The second-order valence-electron chi connectivity index (χ2n) is 7.05. The molecule has 142 valence electrons. The molecule has 0 aliphatic carbocycles. The van der Waals surface area contributed by atoms with Gasteiger partial charge in [-0.25, -0.2) is 13.1 Å². The Bertz CT molecular complexity index is 937. The van der Waals surface area contributed by atoms with Gasteiger partial charge in [0.25, 0.3) is 4.84 Å². The second-order valence-corrected chi connectivity index (χ2v) is 10.1. The third kappa shape index (κ3) is 4.73. The average molecular weight is 416 g/mol. The first-order valence-corrected chi connectivity index (χ1v) is 11.1.